The van der Waals surface area contributed by atoms with Crippen LogP contribution in [0.2, 0.25) is 0 Å². The number of benzene rings is 3. The first-order chi connectivity index (χ1) is 16.9. The highest BCUT2D eigenvalue weighted by Crippen LogP contribution is 2.39. The first-order valence-electron chi connectivity index (χ1n) is 11.2. The number of halogens is 1. The molecular weight excluding hydrogens is 573 g/mol. The van der Waals surface area contributed by atoms with Crippen LogP contribution in [0.4, 0.5) is 5.69 Å². The molecule has 1 atom stereocenters. The van der Waals surface area contributed by atoms with Gasteiger partial charge in [-0.05, 0) is 84.0 Å². The van der Waals surface area contributed by atoms with Gasteiger partial charge in [0, 0.05) is 5.69 Å². The molecule has 1 unspecified atom stereocenters. The van der Waals surface area contributed by atoms with Crippen LogP contribution in [-0.4, -0.2) is 24.7 Å². The summed E-state index contributed by atoms with van der Waals surface area (Å²) in [5, 5.41) is 10.00. The Morgan fingerprint density at radius 3 is 2.49 bits per heavy atom. The van der Waals surface area contributed by atoms with Crippen molar-refractivity contribution < 1.29 is 14.3 Å². The fourth-order valence-corrected chi connectivity index (χ4v) is 5.01. The van der Waals surface area contributed by atoms with E-state index >= 15 is 0 Å². The van der Waals surface area contributed by atoms with Crippen molar-refractivity contribution in [2.75, 3.05) is 19.0 Å². The first kappa shape index (κ1) is 25.0. The first-order valence-corrected chi connectivity index (χ1v) is 12.6. The summed E-state index contributed by atoms with van der Waals surface area (Å²) in [6.45, 7) is 4.42. The lowest BCUT2D eigenvalue weighted by Gasteiger charge is -2.32. The van der Waals surface area contributed by atoms with Crippen LogP contribution in [0.3, 0.4) is 0 Å². The third kappa shape index (κ3) is 5.59. The Balaban J connectivity index is 1.86. The number of anilines is 1. The molecule has 1 amide bonds. The zero-order valence-corrected chi connectivity index (χ0v) is 22.6. The predicted molar refractivity (Wildman–Crippen MR) is 152 cm³/mol. The highest BCUT2D eigenvalue weighted by Gasteiger charge is 2.33. The highest BCUT2D eigenvalue weighted by molar-refractivity contribution is 14.1. The lowest BCUT2D eigenvalue weighted by Crippen LogP contribution is -2.45. The molecule has 8 heteroatoms. The molecule has 1 heterocycles. The van der Waals surface area contributed by atoms with E-state index in [1.54, 1.807) is 7.11 Å². The Labute approximate surface area is 224 Å². The van der Waals surface area contributed by atoms with Gasteiger partial charge in [0.15, 0.2) is 16.6 Å². The maximum absolute atomic E-state index is 13.8. The van der Waals surface area contributed by atoms with Crippen LogP contribution in [0.25, 0.3) is 5.70 Å². The molecule has 35 heavy (non-hydrogen) atoms. The van der Waals surface area contributed by atoms with Gasteiger partial charge >= 0.3 is 0 Å². The second kappa shape index (κ2) is 11.1. The molecule has 180 valence electrons. The van der Waals surface area contributed by atoms with Crippen LogP contribution in [-0.2, 0) is 4.79 Å². The number of methoxy groups -OCH3 is 1. The standard InChI is InChI=1S/C27H26IN3O3S/c1-4-34-21-15-18(14-20(28)25(21)33-3)24-22(26(32)29-19-12-10-16(2)11-13-19)23(30-27(35)31-24)17-8-6-5-7-9-17/h5-15,24H,4H2,1-3H3,(H,29,32)(H2,30,31,35). The van der Waals surface area contributed by atoms with Crippen molar-refractivity contribution in [1.82, 2.24) is 10.6 Å². The molecule has 0 radical (unpaired) electrons. The molecule has 1 aliphatic heterocycles. The molecule has 4 rings (SSSR count). The van der Waals surface area contributed by atoms with E-state index in [2.05, 4.69) is 38.5 Å². The number of rotatable bonds is 7. The summed E-state index contributed by atoms with van der Waals surface area (Å²) in [5.74, 6) is 1.04. The van der Waals surface area contributed by atoms with Crippen LogP contribution in [0.1, 0.15) is 29.7 Å². The van der Waals surface area contributed by atoms with E-state index in [4.69, 9.17) is 21.7 Å². The van der Waals surface area contributed by atoms with Gasteiger partial charge in [0.2, 0.25) is 0 Å². The molecule has 0 spiro atoms. The Kier molecular flexibility index (Phi) is 7.92. The van der Waals surface area contributed by atoms with Gasteiger partial charge < -0.3 is 25.4 Å². The SMILES string of the molecule is CCOc1cc(C2NC(=S)NC(c3ccccc3)=C2C(=O)Nc2ccc(C)cc2)cc(I)c1OC. The summed E-state index contributed by atoms with van der Waals surface area (Å²) < 4.78 is 12.3. The minimum Gasteiger partial charge on any atom is -0.492 e. The van der Waals surface area contributed by atoms with E-state index in [1.807, 2.05) is 80.6 Å². The van der Waals surface area contributed by atoms with E-state index in [-0.39, 0.29) is 5.91 Å². The normalized spacial score (nSPS) is 15.2. The van der Waals surface area contributed by atoms with Crippen molar-refractivity contribution in [3.8, 4) is 11.5 Å². The molecule has 3 aromatic carbocycles. The quantitative estimate of drug-likeness (QED) is 0.244. The number of hydrogen-bond donors (Lipinski definition) is 3. The van der Waals surface area contributed by atoms with Gasteiger partial charge in [-0.2, -0.15) is 0 Å². The van der Waals surface area contributed by atoms with E-state index in [1.165, 1.54) is 0 Å². The molecule has 0 aromatic heterocycles. The van der Waals surface area contributed by atoms with Crippen LogP contribution in [0, 0.1) is 10.5 Å². The molecule has 0 bridgehead atoms. The van der Waals surface area contributed by atoms with Gasteiger partial charge in [0.1, 0.15) is 0 Å². The molecule has 0 aliphatic carbocycles. The van der Waals surface area contributed by atoms with E-state index < -0.39 is 6.04 Å². The van der Waals surface area contributed by atoms with Crippen LogP contribution in [0.5, 0.6) is 11.5 Å². The molecule has 0 saturated carbocycles. The van der Waals surface area contributed by atoms with Crippen LogP contribution < -0.4 is 25.4 Å². The molecule has 0 saturated heterocycles. The molecule has 3 N–H and O–H groups in total. The zero-order chi connectivity index (χ0) is 24.9. The van der Waals surface area contributed by atoms with Crippen molar-refractivity contribution in [3.05, 3.63) is 92.6 Å². The Bertz CT molecular complexity index is 1280. The van der Waals surface area contributed by atoms with Crippen LogP contribution >= 0.6 is 34.8 Å². The second-order valence-electron chi connectivity index (χ2n) is 7.97. The number of carbonyl (C=O) groups excluding carboxylic acids is 1. The third-order valence-electron chi connectivity index (χ3n) is 5.56. The summed E-state index contributed by atoms with van der Waals surface area (Å²) in [7, 11) is 1.62. The summed E-state index contributed by atoms with van der Waals surface area (Å²) >= 11 is 7.78. The van der Waals surface area contributed by atoms with Crippen molar-refractivity contribution in [1.29, 1.82) is 0 Å². The van der Waals surface area contributed by atoms with Gasteiger partial charge in [-0.25, -0.2) is 0 Å². The average Bonchev–Trinajstić information content (AvgIpc) is 2.85. The maximum Gasteiger partial charge on any atom is 0.256 e. The smallest absolute Gasteiger partial charge is 0.256 e. The molecule has 6 nitrogen and oxygen atoms in total. The number of amides is 1. The topological polar surface area (TPSA) is 71.6 Å². The van der Waals surface area contributed by atoms with Crippen molar-refractivity contribution in [2.24, 2.45) is 0 Å². The highest BCUT2D eigenvalue weighted by atomic mass is 127. The van der Waals surface area contributed by atoms with Crippen molar-refractivity contribution >= 4 is 57.2 Å². The number of ether oxygens (including phenoxy) is 2. The lowest BCUT2D eigenvalue weighted by molar-refractivity contribution is -0.113. The van der Waals surface area contributed by atoms with Gasteiger partial charge in [-0.3, -0.25) is 4.79 Å². The zero-order valence-electron chi connectivity index (χ0n) is 19.6. The number of aryl methyl sites for hydroxylation is 1. The molecular formula is C27H26IN3O3S. The fourth-order valence-electron chi connectivity index (χ4n) is 3.94. The van der Waals surface area contributed by atoms with Gasteiger partial charge in [-0.1, -0.05) is 48.0 Å². The second-order valence-corrected chi connectivity index (χ2v) is 9.54. The summed E-state index contributed by atoms with van der Waals surface area (Å²) in [6, 6.07) is 20.8. The number of hydrogen-bond acceptors (Lipinski definition) is 4. The monoisotopic (exact) mass is 599 g/mol. The Morgan fingerprint density at radius 2 is 1.83 bits per heavy atom. The van der Waals surface area contributed by atoms with Gasteiger partial charge in [0.25, 0.3) is 5.91 Å². The Hall–Kier alpha value is -3.11. The number of carbonyl (C=O) groups is 1. The minimum atomic E-state index is -0.511. The van der Waals surface area contributed by atoms with Crippen LogP contribution in [0.15, 0.2) is 72.3 Å². The minimum absolute atomic E-state index is 0.232. The van der Waals surface area contributed by atoms with Gasteiger partial charge in [-0.15, -0.1) is 0 Å². The summed E-state index contributed by atoms with van der Waals surface area (Å²) in [6.07, 6.45) is 0. The molecule has 1 aliphatic rings. The van der Waals surface area contributed by atoms with Crippen molar-refractivity contribution in [3.63, 3.8) is 0 Å². The lowest BCUT2D eigenvalue weighted by atomic mass is 9.91. The number of nitrogens with one attached hydrogen (secondary N) is 3. The summed E-state index contributed by atoms with van der Waals surface area (Å²) in [5.41, 5.74) is 4.72. The predicted octanol–water partition coefficient (Wildman–Crippen LogP) is 5.58. The maximum atomic E-state index is 13.8. The Morgan fingerprint density at radius 1 is 1.11 bits per heavy atom. The average molecular weight is 599 g/mol. The number of thiocarbonyl (C=S) groups is 1. The van der Waals surface area contributed by atoms with Crippen molar-refractivity contribution in [2.45, 2.75) is 19.9 Å². The van der Waals surface area contributed by atoms with E-state index in [0.29, 0.717) is 40.2 Å². The third-order valence-corrected chi connectivity index (χ3v) is 6.58. The molecule has 3 aromatic rings. The fraction of sp³-hybridized carbons (Fsp3) is 0.185. The summed E-state index contributed by atoms with van der Waals surface area (Å²) in [4.78, 5) is 13.8. The largest absolute Gasteiger partial charge is 0.492 e. The van der Waals surface area contributed by atoms with Gasteiger partial charge in [0.05, 0.1) is 34.6 Å². The van der Waals surface area contributed by atoms with E-state index in [9.17, 15) is 4.79 Å². The molecule has 0 fully saturated rings. The van der Waals surface area contributed by atoms with E-state index in [0.717, 1.165) is 20.3 Å².